The Morgan fingerprint density at radius 1 is 1.23 bits per heavy atom. The lowest BCUT2D eigenvalue weighted by Crippen LogP contribution is -2.41. The molecule has 1 saturated heterocycles. The van der Waals surface area contributed by atoms with Gasteiger partial charge in [0.05, 0.1) is 19.8 Å². The standard InChI is InChI=1S/C23H27ClN2O5/c1-14-20(15(2)25(3)21(14)23(29)30-4)19(27)13-26(12-18-6-5-11-31-18)22(28)16-7-9-17(24)10-8-16/h7-10,18H,5-6,11-13H2,1-4H3/t18-/m0/s1. The molecule has 1 aliphatic heterocycles. The Morgan fingerprint density at radius 3 is 2.48 bits per heavy atom. The molecule has 0 unspecified atom stereocenters. The third-order valence-corrected chi connectivity index (χ3v) is 6.00. The Morgan fingerprint density at radius 2 is 1.90 bits per heavy atom. The van der Waals surface area contributed by atoms with E-state index in [9.17, 15) is 14.4 Å². The molecule has 0 saturated carbocycles. The molecule has 1 aliphatic rings. The van der Waals surface area contributed by atoms with Gasteiger partial charge in [-0.1, -0.05) is 11.6 Å². The minimum absolute atomic E-state index is 0.104. The molecule has 8 heteroatoms. The molecule has 166 valence electrons. The number of halogens is 1. The molecule has 0 spiro atoms. The molecular weight excluding hydrogens is 420 g/mol. The predicted molar refractivity (Wildman–Crippen MR) is 117 cm³/mol. The van der Waals surface area contributed by atoms with Crippen molar-refractivity contribution in [3.63, 3.8) is 0 Å². The van der Waals surface area contributed by atoms with Gasteiger partial charge in [-0.25, -0.2) is 4.79 Å². The van der Waals surface area contributed by atoms with Crippen LogP contribution in [-0.4, -0.2) is 60.0 Å². The number of ketones is 1. The van der Waals surface area contributed by atoms with E-state index in [0.29, 0.717) is 46.3 Å². The second kappa shape index (κ2) is 9.66. The van der Waals surface area contributed by atoms with Crippen LogP contribution in [-0.2, 0) is 16.5 Å². The van der Waals surface area contributed by atoms with E-state index in [1.54, 1.807) is 49.7 Å². The third-order valence-electron chi connectivity index (χ3n) is 5.75. The fraction of sp³-hybridized carbons (Fsp3) is 0.435. The van der Waals surface area contributed by atoms with Gasteiger partial charge >= 0.3 is 5.97 Å². The molecule has 0 bridgehead atoms. The molecule has 1 amide bonds. The van der Waals surface area contributed by atoms with Gasteiger partial charge in [0.15, 0.2) is 5.78 Å². The topological polar surface area (TPSA) is 77.8 Å². The zero-order chi connectivity index (χ0) is 22.7. The molecule has 31 heavy (non-hydrogen) atoms. The molecule has 1 aromatic carbocycles. The fourth-order valence-corrected chi connectivity index (χ4v) is 4.18. The second-order valence-electron chi connectivity index (χ2n) is 7.74. The summed E-state index contributed by atoms with van der Waals surface area (Å²) in [5.74, 6) is -1.00. The van der Waals surface area contributed by atoms with Gasteiger partial charge in [-0.2, -0.15) is 0 Å². The number of ether oxygens (including phenoxy) is 2. The van der Waals surface area contributed by atoms with Crippen LogP contribution in [0.4, 0.5) is 0 Å². The van der Waals surface area contributed by atoms with E-state index in [1.165, 1.54) is 12.0 Å². The maximum absolute atomic E-state index is 13.3. The molecule has 0 radical (unpaired) electrons. The van der Waals surface area contributed by atoms with Crippen molar-refractivity contribution in [3.05, 3.63) is 57.4 Å². The molecule has 3 rings (SSSR count). The molecule has 2 aromatic rings. The summed E-state index contributed by atoms with van der Waals surface area (Å²) in [5, 5.41) is 0.532. The van der Waals surface area contributed by atoms with Gasteiger partial charge < -0.3 is 18.9 Å². The maximum atomic E-state index is 13.3. The summed E-state index contributed by atoms with van der Waals surface area (Å²) in [6, 6.07) is 6.59. The van der Waals surface area contributed by atoms with Crippen molar-refractivity contribution in [2.45, 2.75) is 32.8 Å². The lowest BCUT2D eigenvalue weighted by Gasteiger charge is -2.25. The molecule has 0 N–H and O–H groups in total. The summed E-state index contributed by atoms with van der Waals surface area (Å²) >= 11 is 5.95. The number of methoxy groups -OCH3 is 1. The Kier molecular flexibility index (Phi) is 7.18. The summed E-state index contributed by atoms with van der Waals surface area (Å²) in [6.07, 6.45) is 1.67. The van der Waals surface area contributed by atoms with Crippen molar-refractivity contribution in [1.29, 1.82) is 0 Å². The minimum atomic E-state index is -0.504. The summed E-state index contributed by atoms with van der Waals surface area (Å²) < 4.78 is 12.2. The average molecular weight is 447 g/mol. The van der Waals surface area contributed by atoms with E-state index in [4.69, 9.17) is 21.1 Å². The highest BCUT2D eigenvalue weighted by molar-refractivity contribution is 6.30. The summed E-state index contributed by atoms with van der Waals surface area (Å²) in [7, 11) is 3.02. The van der Waals surface area contributed by atoms with Crippen molar-refractivity contribution in [3.8, 4) is 0 Å². The van der Waals surface area contributed by atoms with E-state index < -0.39 is 5.97 Å². The van der Waals surface area contributed by atoms with E-state index in [-0.39, 0.29) is 24.3 Å². The minimum Gasteiger partial charge on any atom is -0.464 e. The van der Waals surface area contributed by atoms with Gasteiger partial charge in [0, 0.05) is 42.0 Å². The van der Waals surface area contributed by atoms with Gasteiger partial charge in [0.1, 0.15) is 5.69 Å². The van der Waals surface area contributed by atoms with E-state index in [0.717, 1.165) is 12.8 Å². The van der Waals surface area contributed by atoms with Gasteiger partial charge in [0.25, 0.3) is 5.91 Å². The number of carbonyl (C=O) groups is 3. The Hall–Kier alpha value is -2.64. The first-order valence-electron chi connectivity index (χ1n) is 10.2. The van der Waals surface area contributed by atoms with Gasteiger partial charge in [0.2, 0.25) is 0 Å². The SMILES string of the molecule is COC(=O)c1c(C)c(C(=O)CN(C[C@@H]2CCCO2)C(=O)c2ccc(Cl)cc2)c(C)n1C. The fourth-order valence-electron chi connectivity index (χ4n) is 4.06. The lowest BCUT2D eigenvalue weighted by molar-refractivity contribution is 0.0506. The number of nitrogens with zero attached hydrogens (tertiary/aromatic N) is 2. The molecule has 1 aromatic heterocycles. The zero-order valence-corrected chi connectivity index (χ0v) is 19.0. The first-order valence-corrected chi connectivity index (χ1v) is 10.6. The van der Waals surface area contributed by atoms with Crippen LogP contribution >= 0.6 is 11.6 Å². The van der Waals surface area contributed by atoms with Crippen molar-refractivity contribution < 1.29 is 23.9 Å². The van der Waals surface area contributed by atoms with Crippen LogP contribution in [0.3, 0.4) is 0 Å². The Balaban J connectivity index is 1.90. The Labute approximate surface area is 186 Å². The van der Waals surface area contributed by atoms with Gasteiger partial charge in [-0.15, -0.1) is 0 Å². The van der Waals surface area contributed by atoms with Gasteiger partial charge in [-0.05, 0) is 56.5 Å². The smallest absolute Gasteiger partial charge is 0.354 e. The van der Waals surface area contributed by atoms with Crippen LogP contribution in [0.25, 0.3) is 0 Å². The summed E-state index contributed by atoms with van der Waals surface area (Å²) in [4.78, 5) is 40.2. The first kappa shape index (κ1) is 23.0. The average Bonchev–Trinajstić information content (AvgIpc) is 3.33. The number of hydrogen-bond acceptors (Lipinski definition) is 5. The second-order valence-corrected chi connectivity index (χ2v) is 8.17. The van der Waals surface area contributed by atoms with Crippen molar-refractivity contribution in [1.82, 2.24) is 9.47 Å². The molecule has 7 nitrogen and oxygen atoms in total. The molecule has 0 aliphatic carbocycles. The van der Waals surface area contributed by atoms with Crippen LogP contribution in [0, 0.1) is 13.8 Å². The number of benzene rings is 1. The van der Waals surface area contributed by atoms with Crippen molar-refractivity contribution in [2.24, 2.45) is 7.05 Å². The first-order chi connectivity index (χ1) is 14.7. The monoisotopic (exact) mass is 446 g/mol. The van der Waals surface area contributed by atoms with E-state index >= 15 is 0 Å². The van der Waals surface area contributed by atoms with Crippen molar-refractivity contribution >= 4 is 29.3 Å². The van der Waals surface area contributed by atoms with Crippen LogP contribution < -0.4 is 0 Å². The van der Waals surface area contributed by atoms with Crippen molar-refractivity contribution in [2.75, 3.05) is 26.8 Å². The van der Waals surface area contributed by atoms with E-state index in [1.807, 2.05) is 0 Å². The zero-order valence-electron chi connectivity index (χ0n) is 18.2. The predicted octanol–water partition coefficient (Wildman–Crippen LogP) is 3.59. The van der Waals surface area contributed by atoms with Crippen LogP contribution in [0.1, 0.15) is 55.3 Å². The Bertz CT molecular complexity index is 990. The quantitative estimate of drug-likeness (QED) is 0.479. The van der Waals surface area contributed by atoms with Crippen LogP contribution in [0.15, 0.2) is 24.3 Å². The largest absolute Gasteiger partial charge is 0.464 e. The highest BCUT2D eigenvalue weighted by atomic mass is 35.5. The molecule has 1 atom stereocenters. The highest BCUT2D eigenvalue weighted by Crippen LogP contribution is 2.24. The number of rotatable bonds is 7. The number of carbonyl (C=O) groups excluding carboxylic acids is 3. The summed E-state index contributed by atoms with van der Waals surface area (Å²) in [6.45, 7) is 4.35. The molecular formula is C23H27ClN2O5. The normalized spacial score (nSPS) is 15.7. The maximum Gasteiger partial charge on any atom is 0.354 e. The number of amides is 1. The van der Waals surface area contributed by atoms with Crippen LogP contribution in [0.5, 0.6) is 0 Å². The molecule has 1 fully saturated rings. The number of Topliss-reactive ketones (excluding diaryl/α,β-unsaturated/α-hetero) is 1. The third kappa shape index (κ3) is 4.83. The summed E-state index contributed by atoms with van der Waals surface area (Å²) in [5.41, 5.74) is 2.42. The number of esters is 1. The molecule has 2 heterocycles. The van der Waals surface area contributed by atoms with Gasteiger partial charge in [-0.3, -0.25) is 9.59 Å². The van der Waals surface area contributed by atoms with Crippen LogP contribution in [0.2, 0.25) is 5.02 Å². The highest BCUT2D eigenvalue weighted by Gasteiger charge is 2.29. The number of aromatic nitrogens is 1. The lowest BCUT2D eigenvalue weighted by atomic mass is 10.0. The van der Waals surface area contributed by atoms with E-state index in [2.05, 4.69) is 0 Å². The number of hydrogen-bond donors (Lipinski definition) is 0.